The van der Waals surface area contributed by atoms with Crippen molar-refractivity contribution in [3.8, 4) is 0 Å². The molecule has 0 saturated carbocycles. The van der Waals surface area contributed by atoms with Crippen LogP contribution in [0.15, 0.2) is 35.0 Å². The first-order chi connectivity index (χ1) is 6.49. The molecule has 0 aliphatic rings. The first kappa shape index (κ1) is 13.3. The Hall–Kier alpha value is -0.690. The van der Waals surface area contributed by atoms with Crippen LogP contribution in [0.2, 0.25) is 0 Å². The molecule has 0 amide bonds. The summed E-state index contributed by atoms with van der Waals surface area (Å²) in [6.45, 7) is 8.36. The molecule has 0 bridgehead atoms. The fourth-order valence-corrected chi connectivity index (χ4v) is 1.12. The highest BCUT2D eigenvalue weighted by Gasteiger charge is 2.08. The van der Waals surface area contributed by atoms with Gasteiger partial charge in [-0.2, -0.15) is 0 Å². The van der Waals surface area contributed by atoms with Crippen LogP contribution in [0.25, 0.3) is 0 Å². The van der Waals surface area contributed by atoms with Gasteiger partial charge in [0.2, 0.25) is 0 Å². The van der Waals surface area contributed by atoms with Crippen LogP contribution in [0.4, 0.5) is 0 Å². The molecule has 2 heteroatoms. The number of halogens is 1. The summed E-state index contributed by atoms with van der Waals surface area (Å²) in [5, 5.41) is 0.700. The zero-order valence-corrected chi connectivity index (χ0v) is 10.2. The number of allylic oxidation sites excluding steroid dienone is 6. The largest absolute Gasteiger partial charge is 0.402 e. The summed E-state index contributed by atoms with van der Waals surface area (Å²) in [5.74, 6) is 0.946. The van der Waals surface area contributed by atoms with Gasteiger partial charge in [0, 0.05) is 10.7 Å². The van der Waals surface area contributed by atoms with Crippen LogP contribution in [0.3, 0.4) is 0 Å². The maximum Gasteiger partial charge on any atom is 0.0403 e. The zero-order chi connectivity index (χ0) is 11.1. The quantitative estimate of drug-likeness (QED) is 0.706. The monoisotopic (exact) mass is 213 g/mol. The molecule has 0 fully saturated rings. The highest BCUT2D eigenvalue weighted by Crippen LogP contribution is 2.16. The van der Waals surface area contributed by atoms with Gasteiger partial charge in [0.05, 0.1) is 0 Å². The molecule has 1 atom stereocenters. The minimum absolute atomic E-state index is 0.390. The van der Waals surface area contributed by atoms with Gasteiger partial charge in [-0.3, -0.25) is 0 Å². The summed E-state index contributed by atoms with van der Waals surface area (Å²) in [5.41, 5.74) is 6.77. The molecule has 0 aromatic carbocycles. The molecule has 2 N–H and O–H groups in total. The number of rotatable bonds is 4. The van der Waals surface area contributed by atoms with E-state index in [0.717, 1.165) is 5.70 Å². The summed E-state index contributed by atoms with van der Waals surface area (Å²) in [4.78, 5) is 0. The van der Waals surface area contributed by atoms with Gasteiger partial charge in [-0.15, -0.1) is 0 Å². The fraction of sp³-hybridized carbons (Fsp3) is 0.500. The van der Waals surface area contributed by atoms with E-state index in [1.807, 2.05) is 31.2 Å². The Morgan fingerprint density at radius 1 is 1.21 bits per heavy atom. The van der Waals surface area contributed by atoms with Crippen molar-refractivity contribution in [3.63, 3.8) is 0 Å². The van der Waals surface area contributed by atoms with Crippen molar-refractivity contribution in [1.82, 2.24) is 0 Å². The Morgan fingerprint density at radius 2 is 1.79 bits per heavy atom. The van der Waals surface area contributed by atoms with Crippen molar-refractivity contribution in [2.24, 2.45) is 17.6 Å². The van der Waals surface area contributed by atoms with E-state index in [0.29, 0.717) is 16.9 Å². The zero-order valence-electron chi connectivity index (χ0n) is 9.42. The molecule has 0 radical (unpaired) electrons. The van der Waals surface area contributed by atoms with Crippen molar-refractivity contribution >= 4 is 11.6 Å². The molecule has 0 aromatic rings. The van der Waals surface area contributed by atoms with E-state index in [-0.39, 0.29) is 0 Å². The van der Waals surface area contributed by atoms with E-state index >= 15 is 0 Å². The van der Waals surface area contributed by atoms with Gasteiger partial charge < -0.3 is 5.73 Å². The predicted molar refractivity (Wildman–Crippen MR) is 65.0 cm³/mol. The smallest absolute Gasteiger partial charge is 0.0403 e. The van der Waals surface area contributed by atoms with Crippen LogP contribution in [0.1, 0.15) is 27.7 Å². The Morgan fingerprint density at radius 3 is 2.21 bits per heavy atom. The average molecular weight is 214 g/mol. The van der Waals surface area contributed by atoms with Gasteiger partial charge in [-0.1, -0.05) is 38.4 Å². The molecule has 1 nitrogen and oxygen atoms in total. The van der Waals surface area contributed by atoms with E-state index in [4.69, 9.17) is 17.3 Å². The summed E-state index contributed by atoms with van der Waals surface area (Å²) in [6.07, 6.45) is 7.45. The second-order valence-corrected chi connectivity index (χ2v) is 4.19. The number of hydrogen-bond acceptors (Lipinski definition) is 1. The molecule has 0 aliphatic heterocycles. The molecule has 1 unspecified atom stereocenters. The van der Waals surface area contributed by atoms with E-state index in [1.54, 1.807) is 0 Å². The average Bonchev–Trinajstić information content (AvgIpc) is 2.13. The van der Waals surface area contributed by atoms with Crippen LogP contribution in [0, 0.1) is 11.8 Å². The normalized spacial score (nSPS) is 16.7. The lowest BCUT2D eigenvalue weighted by Crippen LogP contribution is -2.13. The molecule has 0 aliphatic carbocycles. The fourth-order valence-electron chi connectivity index (χ4n) is 0.927. The van der Waals surface area contributed by atoms with Gasteiger partial charge in [0.25, 0.3) is 0 Å². The molecular weight excluding hydrogens is 194 g/mol. The van der Waals surface area contributed by atoms with Crippen molar-refractivity contribution in [1.29, 1.82) is 0 Å². The molecular formula is C12H20ClN. The second kappa shape index (κ2) is 6.72. The summed E-state index contributed by atoms with van der Waals surface area (Å²) in [7, 11) is 0. The van der Waals surface area contributed by atoms with Gasteiger partial charge in [-0.05, 0) is 37.0 Å². The predicted octanol–water partition coefficient (Wildman–Crippen LogP) is 3.82. The van der Waals surface area contributed by atoms with Crippen LogP contribution in [-0.2, 0) is 0 Å². The van der Waals surface area contributed by atoms with Crippen LogP contribution in [0.5, 0.6) is 0 Å². The van der Waals surface area contributed by atoms with E-state index < -0.39 is 0 Å². The van der Waals surface area contributed by atoms with Crippen LogP contribution < -0.4 is 5.73 Å². The minimum Gasteiger partial charge on any atom is -0.402 e. The van der Waals surface area contributed by atoms with Crippen LogP contribution >= 0.6 is 11.6 Å². The molecule has 0 heterocycles. The Bertz CT molecular complexity index is 249. The molecule has 0 saturated heterocycles. The molecule has 14 heavy (non-hydrogen) atoms. The lowest BCUT2D eigenvalue weighted by Gasteiger charge is -2.15. The molecule has 0 spiro atoms. The highest BCUT2D eigenvalue weighted by molar-refractivity contribution is 6.31. The summed E-state index contributed by atoms with van der Waals surface area (Å²) < 4.78 is 0. The maximum absolute atomic E-state index is 5.90. The maximum atomic E-state index is 5.90. The third kappa shape index (κ3) is 5.13. The molecule has 0 aromatic heterocycles. The minimum atomic E-state index is 0.390. The van der Waals surface area contributed by atoms with E-state index in [1.165, 1.54) is 0 Å². The summed E-state index contributed by atoms with van der Waals surface area (Å²) >= 11 is 5.88. The van der Waals surface area contributed by atoms with Crippen molar-refractivity contribution in [2.45, 2.75) is 27.7 Å². The van der Waals surface area contributed by atoms with E-state index in [2.05, 4.69) is 20.8 Å². The number of nitrogens with two attached hydrogens (primary N) is 1. The van der Waals surface area contributed by atoms with Gasteiger partial charge in [-0.25, -0.2) is 0 Å². The van der Waals surface area contributed by atoms with Crippen LogP contribution in [-0.4, -0.2) is 0 Å². The highest BCUT2D eigenvalue weighted by atomic mass is 35.5. The lowest BCUT2D eigenvalue weighted by molar-refractivity contribution is 0.476. The van der Waals surface area contributed by atoms with Crippen molar-refractivity contribution < 1.29 is 0 Å². The third-order valence-electron chi connectivity index (χ3n) is 2.29. The van der Waals surface area contributed by atoms with Gasteiger partial charge >= 0.3 is 0 Å². The Labute approximate surface area is 92.3 Å². The standard InChI is InChI=1S/C12H20ClN/c1-5-6-11(13)7-8-12(14)10(4)9(2)3/h5-10H,14H2,1-4H3/b6-5-,11-7+,12-8-. The van der Waals surface area contributed by atoms with Gasteiger partial charge in [0.15, 0.2) is 0 Å². The SMILES string of the molecule is C\C=C/C(Cl)=C\C=C(/N)C(C)C(C)C. The Balaban J connectivity index is 4.45. The van der Waals surface area contributed by atoms with Crippen molar-refractivity contribution in [2.75, 3.05) is 0 Å². The first-order valence-corrected chi connectivity index (χ1v) is 5.32. The molecule has 80 valence electrons. The van der Waals surface area contributed by atoms with E-state index in [9.17, 15) is 0 Å². The third-order valence-corrected chi connectivity index (χ3v) is 2.54. The lowest BCUT2D eigenvalue weighted by atomic mass is 9.95. The Kier molecular flexibility index (Phi) is 6.39. The van der Waals surface area contributed by atoms with Crippen molar-refractivity contribution in [3.05, 3.63) is 35.0 Å². The second-order valence-electron chi connectivity index (χ2n) is 3.75. The van der Waals surface area contributed by atoms with Gasteiger partial charge in [0.1, 0.15) is 0 Å². The topological polar surface area (TPSA) is 26.0 Å². The summed E-state index contributed by atoms with van der Waals surface area (Å²) in [6, 6.07) is 0. The molecule has 0 rings (SSSR count). The first-order valence-electron chi connectivity index (χ1n) is 4.94. The number of hydrogen-bond donors (Lipinski definition) is 1.